The Kier molecular flexibility index (Phi) is 4.11. The summed E-state index contributed by atoms with van der Waals surface area (Å²) in [7, 11) is 1.59. The summed E-state index contributed by atoms with van der Waals surface area (Å²) in [6.45, 7) is 8.49. The molecule has 16 heavy (non-hydrogen) atoms. The maximum Gasteiger partial charge on any atom is 0.106 e. The van der Waals surface area contributed by atoms with Gasteiger partial charge in [0.1, 0.15) is 7.11 Å². The molecule has 0 radical (unpaired) electrons. The minimum absolute atomic E-state index is 0.0330. The number of rotatable bonds is 4. The molecule has 0 aliphatic carbocycles. The summed E-state index contributed by atoms with van der Waals surface area (Å²) >= 11 is 0. The van der Waals surface area contributed by atoms with Crippen molar-refractivity contribution < 1.29 is 4.84 Å². The largest absolute Gasteiger partial charge is 0.399 e. The molecule has 1 aromatic rings. The SMILES string of the molecule is CO/N=C(\C)C(C)(C)Cc1ccc(C)cc1. The Bertz CT molecular complexity index is 363. The van der Waals surface area contributed by atoms with Gasteiger partial charge in [-0.2, -0.15) is 0 Å². The number of benzene rings is 1. The fraction of sp³-hybridized carbons (Fsp3) is 0.500. The summed E-state index contributed by atoms with van der Waals surface area (Å²) in [5.41, 5.74) is 3.69. The quantitative estimate of drug-likeness (QED) is 0.560. The fourth-order valence-electron chi connectivity index (χ4n) is 1.60. The monoisotopic (exact) mass is 219 g/mol. The average Bonchev–Trinajstić information content (AvgIpc) is 2.21. The van der Waals surface area contributed by atoms with Crippen LogP contribution in [-0.4, -0.2) is 12.8 Å². The molecule has 0 fully saturated rings. The van der Waals surface area contributed by atoms with Crippen molar-refractivity contribution in [3.8, 4) is 0 Å². The average molecular weight is 219 g/mol. The van der Waals surface area contributed by atoms with Gasteiger partial charge in [-0.15, -0.1) is 0 Å². The highest BCUT2D eigenvalue weighted by Gasteiger charge is 2.22. The molecule has 2 nitrogen and oxygen atoms in total. The normalized spacial score (nSPS) is 12.7. The maximum absolute atomic E-state index is 4.83. The summed E-state index contributed by atoms with van der Waals surface area (Å²) in [5.74, 6) is 0. The van der Waals surface area contributed by atoms with E-state index in [1.54, 1.807) is 7.11 Å². The highest BCUT2D eigenvalue weighted by atomic mass is 16.6. The van der Waals surface area contributed by atoms with Crippen LogP contribution in [0.5, 0.6) is 0 Å². The first-order valence-electron chi connectivity index (χ1n) is 5.59. The van der Waals surface area contributed by atoms with Gasteiger partial charge in [-0.25, -0.2) is 0 Å². The van der Waals surface area contributed by atoms with Crippen LogP contribution in [0.3, 0.4) is 0 Å². The van der Waals surface area contributed by atoms with E-state index >= 15 is 0 Å². The second kappa shape index (κ2) is 5.15. The summed E-state index contributed by atoms with van der Waals surface area (Å²) in [5, 5.41) is 4.03. The van der Waals surface area contributed by atoms with E-state index < -0.39 is 0 Å². The molecular weight excluding hydrogens is 198 g/mol. The fourth-order valence-corrected chi connectivity index (χ4v) is 1.60. The second-order valence-corrected chi connectivity index (χ2v) is 4.91. The molecule has 2 heteroatoms. The Morgan fingerprint density at radius 2 is 1.81 bits per heavy atom. The first-order valence-corrected chi connectivity index (χ1v) is 5.59. The lowest BCUT2D eigenvalue weighted by Crippen LogP contribution is -2.24. The smallest absolute Gasteiger partial charge is 0.106 e. The van der Waals surface area contributed by atoms with Crippen molar-refractivity contribution in [2.24, 2.45) is 10.6 Å². The molecule has 0 aromatic heterocycles. The van der Waals surface area contributed by atoms with Crippen molar-refractivity contribution in [1.29, 1.82) is 0 Å². The van der Waals surface area contributed by atoms with Gasteiger partial charge in [0.25, 0.3) is 0 Å². The number of nitrogens with zero attached hydrogens (tertiary/aromatic N) is 1. The van der Waals surface area contributed by atoms with Gasteiger partial charge in [-0.05, 0) is 25.8 Å². The third-order valence-corrected chi connectivity index (χ3v) is 2.97. The lowest BCUT2D eigenvalue weighted by atomic mass is 9.82. The molecule has 0 heterocycles. The van der Waals surface area contributed by atoms with Crippen LogP contribution >= 0.6 is 0 Å². The molecule has 0 spiro atoms. The first kappa shape index (κ1) is 12.8. The molecule has 0 aliphatic rings. The molecule has 0 N–H and O–H groups in total. The molecular formula is C14H21NO. The highest BCUT2D eigenvalue weighted by Crippen LogP contribution is 2.24. The topological polar surface area (TPSA) is 21.6 Å². The molecule has 0 bridgehead atoms. The number of hydrogen-bond donors (Lipinski definition) is 0. The zero-order valence-electron chi connectivity index (χ0n) is 10.9. The summed E-state index contributed by atoms with van der Waals surface area (Å²) in [6, 6.07) is 8.65. The Morgan fingerprint density at radius 3 is 2.31 bits per heavy atom. The van der Waals surface area contributed by atoms with Gasteiger partial charge in [-0.3, -0.25) is 0 Å². The van der Waals surface area contributed by atoms with Crippen LogP contribution in [0.15, 0.2) is 29.4 Å². The lowest BCUT2D eigenvalue weighted by Gasteiger charge is -2.24. The molecule has 1 rings (SSSR count). The highest BCUT2D eigenvalue weighted by molar-refractivity contribution is 5.87. The molecule has 0 amide bonds. The number of hydrogen-bond acceptors (Lipinski definition) is 2. The number of oxime groups is 1. The molecule has 0 unspecified atom stereocenters. The minimum atomic E-state index is 0.0330. The standard InChI is InChI=1S/C14H21NO/c1-11-6-8-13(9-7-11)10-14(3,4)12(2)15-16-5/h6-9H,10H2,1-5H3/b15-12+. The van der Waals surface area contributed by atoms with Crippen LogP contribution in [0, 0.1) is 12.3 Å². The number of aryl methyl sites for hydroxylation is 1. The van der Waals surface area contributed by atoms with Gasteiger partial charge in [0.05, 0.1) is 5.71 Å². The van der Waals surface area contributed by atoms with Crippen molar-refractivity contribution in [1.82, 2.24) is 0 Å². The predicted octanol–water partition coefficient (Wildman–Crippen LogP) is 3.59. The van der Waals surface area contributed by atoms with Crippen LogP contribution in [0.25, 0.3) is 0 Å². The van der Waals surface area contributed by atoms with E-state index in [4.69, 9.17) is 4.84 Å². The van der Waals surface area contributed by atoms with Crippen LogP contribution in [0.4, 0.5) is 0 Å². The Hall–Kier alpha value is -1.31. The van der Waals surface area contributed by atoms with Gasteiger partial charge in [0.2, 0.25) is 0 Å². The molecule has 88 valence electrons. The Morgan fingerprint density at radius 1 is 1.25 bits per heavy atom. The molecule has 0 saturated heterocycles. The van der Waals surface area contributed by atoms with Gasteiger partial charge in [0, 0.05) is 5.41 Å². The van der Waals surface area contributed by atoms with Crippen LogP contribution in [0.2, 0.25) is 0 Å². The van der Waals surface area contributed by atoms with Crippen LogP contribution in [-0.2, 0) is 11.3 Å². The van der Waals surface area contributed by atoms with E-state index in [-0.39, 0.29) is 5.41 Å². The predicted molar refractivity (Wildman–Crippen MR) is 68.8 cm³/mol. The van der Waals surface area contributed by atoms with Gasteiger partial charge in [0.15, 0.2) is 0 Å². The van der Waals surface area contributed by atoms with E-state index in [0.717, 1.165) is 12.1 Å². The third-order valence-electron chi connectivity index (χ3n) is 2.97. The first-order chi connectivity index (χ1) is 7.45. The molecule has 0 aliphatic heterocycles. The Balaban J connectivity index is 2.80. The van der Waals surface area contributed by atoms with Crippen molar-refractivity contribution >= 4 is 5.71 Å². The van der Waals surface area contributed by atoms with Crippen molar-refractivity contribution in [3.63, 3.8) is 0 Å². The minimum Gasteiger partial charge on any atom is -0.399 e. The van der Waals surface area contributed by atoms with Crippen molar-refractivity contribution in [3.05, 3.63) is 35.4 Å². The van der Waals surface area contributed by atoms with E-state index in [1.807, 2.05) is 6.92 Å². The van der Waals surface area contributed by atoms with Gasteiger partial charge < -0.3 is 4.84 Å². The Labute approximate surface area is 98.3 Å². The van der Waals surface area contributed by atoms with Crippen molar-refractivity contribution in [2.75, 3.05) is 7.11 Å². The zero-order valence-corrected chi connectivity index (χ0v) is 10.9. The molecule has 1 aromatic carbocycles. The summed E-state index contributed by atoms with van der Waals surface area (Å²) in [6.07, 6.45) is 0.978. The van der Waals surface area contributed by atoms with Crippen LogP contribution in [0.1, 0.15) is 31.9 Å². The summed E-state index contributed by atoms with van der Waals surface area (Å²) in [4.78, 5) is 4.83. The van der Waals surface area contributed by atoms with Gasteiger partial charge in [-0.1, -0.05) is 48.8 Å². The van der Waals surface area contributed by atoms with Gasteiger partial charge >= 0.3 is 0 Å². The summed E-state index contributed by atoms with van der Waals surface area (Å²) < 4.78 is 0. The lowest BCUT2D eigenvalue weighted by molar-refractivity contribution is 0.208. The molecule has 0 atom stereocenters. The molecule has 0 saturated carbocycles. The zero-order chi connectivity index (χ0) is 12.2. The van der Waals surface area contributed by atoms with E-state index in [9.17, 15) is 0 Å². The van der Waals surface area contributed by atoms with E-state index in [2.05, 4.69) is 50.2 Å². The van der Waals surface area contributed by atoms with E-state index in [0.29, 0.717) is 0 Å². The van der Waals surface area contributed by atoms with Crippen molar-refractivity contribution in [2.45, 2.75) is 34.1 Å². The van der Waals surface area contributed by atoms with E-state index in [1.165, 1.54) is 11.1 Å². The van der Waals surface area contributed by atoms with Crippen LogP contribution < -0.4 is 0 Å². The third kappa shape index (κ3) is 3.37. The second-order valence-electron chi connectivity index (χ2n) is 4.91. The maximum atomic E-state index is 4.83.